The van der Waals surface area contributed by atoms with Crippen molar-refractivity contribution in [3.05, 3.63) is 51.0 Å². The van der Waals surface area contributed by atoms with Crippen molar-refractivity contribution in [2.45, 2.75) is 13.0 Å². The Morgan fingerprint density at radius 1 is 1.53 bits per heavy atom. The Hall–Kier alpha value is -1.89. The number of rotatable bonds is 4. The van der Waals surface area contributed by atoms with Gasteiger partial charge in [0.2, 0.25) is 0 Å². The summed E-state index contributed by atoms with van der Waals surface area (Å²) >= 11 is 3.38. The van der Waals surface area contributed by atoms with Gasteiger partial charge in [-0.25, -0.2) is 4.98 Å². The number of nitrogens with one attached hydrogen (secondary N) is 1. The van der Waals surface area contributed by atoms with Gasteiger partial charge in [0.15, 0.2) is 0 Å². The van der Waals surface area contributed by atoms with E-state index in [9.17, 15) is 10.1 Å². The molecule has 6 nitrogen and oxygen atoms in total. The first-order chi connectivity index (χ1) is 8.99. The molecular weight excluding hydrogens is 312 g/mol. The van der Waals surface area contributed by atoms with E-state index in [1.54, 1.807) is 12.3 Å². The fourth-order valence-electron chi connectivity index (χ4n) is 1.83. The summed E-state index contributed by atoms with van der Waals surface area (Å²) in [6, 6.07) is 4.56. The van der Waals surface area contributed by atoms with Crippen LogP contribution in [0.1, 0.15) is 18.8 Å². The van der Waals surface area contributed by atoms with Crippen LogP contribution in [-0.2, 0) is 7.05 Å². The third-order valence-electron chi connectivity index (χ3n) is 2.78. The Kier molecular flexibility index (Phi) is 3.84. The number of aryl methyl sites for hydroxylation is 1. The zero-order chi connectivity index (χ0) is 14.0. The van der Waals surface area contributed by atoms with E-state index in [0.29, 0.717) is 5.69 Å². The lowest BCUT2D eigenvalue weighted by atomic mass is 10.2. The van der Waals surface area contributed by atoms with E-state index in [2.05, 4.69) is 26.2 Å². The van der Waals surface area contributed by atoms with E-state index >= 15 is 0 Å². The van der Waals surface area contributed by atoms with Crippen LogP contribution in [0.25, 0.3) is 0 Å². The Bertz CT molecular complexity index is 612. The fourth-order valence-corrected chi connectivity index (χ4v) is 2.19. The van der Waals surface area contributed by atoms with Crippen LogP contribution in [-0.4, -0.2) is 14.5 Å². The van der Waals surface area contributed by atoms with Crippen molar-refractivity contribution in [1.82, 2.24) is 9.55 Å². The summed E-state index contributed by atoms with van der Waals surface area (Å²) in [5.41, 5.74) is 0.724. The third-order valence-corrected chi connectivity index (χ3v) is 3.47. The molecule has 19 heavy (non-hydrogen) atoms. The number of benzene rings is 1. The molecule has 7 heteroatoms. The molecule has 2 rings (SSSR count). The van der Waals surface area contributed by atoms with Gasteiger partial charge in [-0.3, -0.25) is 10.1 Å². The SMILES string of the molecule is CC(Nc1cc([N+](=O)[O-])ccc1Br)c1nccn1C. The predicted molar refractivity (Wildman–Crippen MR) is 76.0 cm³/mol. The van der Waals surface area contributed by atoms with Gasteiger partial charge in [-0.05, 0) is 28.9 Å². The summed E-state index contributed by atoms with van der Waals surface area (Å²) in [7, 11) is 1.91. The van der Waals surface area contributed by atoms with Gasteiger partial charge in [-0.1, -0.05) is 0 Å². The van der Waals surface area contributed by atoms with E-state index < -0.39 is 4.92 Å². The summed E-state index contributed by atoms with van der Waals surface area (Å²) in [6.07, 6.45) is 3.58. The number of non-ortho nitro benzene ring substituents is 1. The van der Waals surface area contributed by atoms with Gasteiger partial charge in [-0.2, -0.15) is 0 Å². The van der Waals surface area contributed by atoms with Crippen molar-refractivity contribution in [2.75, 3.05) is 5.32 Å². The number of anilines is 1. The van der Waals surface area contributed by atoms with Crippen molar-refractivity contribution >= 4 is 27.3 Å². The zero-order valence-corrected chi connectivity index (χ0v) is 12.1. The number of hydrogen-bond acceptors (Lipinski definition) is 4. The van der Waals surface area contributed by atoms with Crippen LogP contribution < -0.4 is 5.32 Å². The normalized spacial score (nSPS) is 12.2. The monoisotopic (exact) mass is 324 g/mol. The van der Waals surface area contributed by atoms with Crippen molar-refractivity contribution < 1.29 is 4.92 Å². The average Bonchev–Trinajstić information content (AvgIpc) is 2.78. The number of aromatic nitrogens is 2. The third kappa shape index (κ3) is 2.93. The quantitative estimate of drug-likeness (QED) is 0.692. The van der Waals surface area contributed by atoms with Gasteiger partial charge in [0.05, 0.1) is 16.7 Å². The Morgan fingerprint density at radius 2 is 2.26 bits per heavy atom. The molecule has 1 aromatic carbocycles. The number of imidazole rings is 1. The second kappa shape index (κ2) is 5.40. The first kappa shape index (κ1) is 13.5. The largest absolute Gasteiger partial charge is 0.374 e. The maximum atomic E-state index is 10.8. The van der Waals surface area contributed by atoms with Crippen molar-refractivity contribution in [3.8, 4) is 0 Å². The van der Waals surface area contributed by atoms with Crippen LogP contribution in [0.15, 0.2) is 35.1 Å². The highest BCUT2D eigenvalue weighted by Gasteiger charge is 2.14. The molecule has 1 unspecified atom stereocenters. The Balaban J connectivity index is 2.26. The first-order valence-electron chi connectivity index (χ1n) is 5.66. The smallest absolute Gasteiger partial charge is 0.271 e. The summed E-state index contributed by atoms with van der Waals surface area (Å²) in [5, 5.41) is 14.0. The van der Waals surface area contributed by atoms with Gasteiger partial charge in [0.1, 0.15) is 5.82 Å². The maximum absolute atomic E-state index is 10.8. The number of hydrogen-bond donors (Lipinski definition) is 1. The van der Waals surface area contributed by atoms with E-state index in [1.807, 2.05) is 24.7 Å². The second-order valence-corrected chi connectivity index (χ2v) is 5.04. The molecule has 0 spiro atoms. The van der Waals surface area contributed by atoms with Crippen LogP contribution in [0.5, 0.6) is 0 Å². The summed E-state index contributed by atoms with van der Waals surface area (Å²) in [5.74, 6) is 0.860. The van der Waals surface area contributed by atoms with E-state index in [4.69, 9.17) is 0 Å². The fraction of sp³-hybridized carbons (Fsp3) is 0.250. The molecule has 1 atom stereocenters. The highest BCUT2D eigenvalue weighted by molar-refractivity contribution is 9.10. The van der Waals surface area contributed by atoms with Crippen LogP contribution in [0.3, 0.4) is 0 Å². The standard InChI is InChI=1S/C12H13BrN4O2/c1-8(12-14-5-6-16(12)2)15-11-7-9(17(18)19)3-4-10(11)13/h3-8,15H,1-2H3. The van der Waals surface area contributed by atoms with Crippen molar-refractivity contribution in [2.24, 2.45) is 7.05 Å². The number of nitro groups is 1. The van der Waals surface area contributed by atoms with Gasteiger partial charge in [-0.15, -0.1) is 0 Å². The minimum Gasteiger partial charge on any atom is -0.374 e. The molecule has 0 aliphatic rings. The average molecular weight is 325 g/mol. The lowest BCUT2D eigenvalue weighted by Crippen LogP contribution is -2.12. The summed E-state index contributed by atoms with van der Waals surface area (Å²) in [6.45, 7) is 1.95. The molecule has 0 fully saturated rings. The summed E-state index contributed by atoms with van der Waals surface area (Å²) < 4.78 is 2.68. The Labute approximate surface area is 118 Å². The number of halogens is 1. The molecule has 1 N–H and O–H groups in total. The van der Waals surface area contributed by atoms with Crippen molar-refractivity contribution in [1.29, 1.82) is 0 Å². The predicted octanol–water partition coefficient (Wildman–Crippen LogP) is 3.26. The second-order valence-electron chi connectivity index (χ2n) is 4.18. The van der Waals surface area contributed by atoms with Crippen LogP contribution in [0.4, 0.5) is 11.4 Å². The summed E-state index contributed by atoms with van der Waals surface area (Å²) in [4.78, 5) is 14.6. The zero-order valence-electron chi connectivity index (χ0n) is 10.5. The highest BCUT2D eigenvalue weighted by Crippen LogP contribution is 2.29. The molecule has 2 aromatic rings. The molecule has 0 radical (unpaired) electrons. The van der Waals surface area contributed by atoms with Crippen LogP contribution in [0.2, 0.25) is 0 Å². The van der Waals surface area contributed by atoms with Crippen LogP contribution >= 0.6 is 15.9 Å². The lowest BCUT2D eigenvalue weighted by Gasteiger charge is -2.16. The molecule has 0 saturated heterocycles. The molecule has 1 heterocycles. The van der Waals surface area contributed by atoms with Gasteiger partial charge in [0.25, 0.3) is 5.69 Å². The maximum Gasteiger partial charge on any atom is 0.271 e. The lowest BCUT2D eigenvalue weighted by molar-refractivity contribution is -0.384. The minimum atomic E-state index is -0.414. The number of nitro benzene ring substituents is 1. The van der Waals surface area contributed by atoms with E-state index in [0.717, 1.165) is 10.3 Å². The van der Waals surface area contributed by atoms with Crippen molar-refractivity contribution in [3.63, 3.8) is 0 Å². The minimum absolute atomic E-state index is 0.0535. The first-order valence-corrected chi connectivity index (χ1v) is 6.46. The van der Waals surface area contributed by atoms with Crippen LogP contribution in [0, 0.1) is 10.1 Å². The molecule has 0 saturated carbocycles. The van der Waals surface area contributed by atoms with E-state index in [-0.39, 0.29) is 11.7 Å². The van der Waals surface area contributed by atoms with Gasteiger partial charge in [0, 0.05) is 36.0 Å². The Morgan fingerprint density at radius 3 is 2.84 bits per heavy atom. The molecule has 1 aromatic heterocycles. The van der Waals surface area contributed by atoms with Gasteiger partial charge >= 0.3 is 0 Å². The molecule has 0 aliphatic carbocycles. The molecule has 0 bridgehead atoms. The van der Waals surface area contributed by atoms with Gasteiger partial charge < -0.3 is 9.88 Å². The highest BCUT2D eigenvalue weighted by atomic mass is 79.9. The number of nitrogens with zero attached hydrogens (tertiary/aromatic N) is 3. The molecule has 0 aliphatic heterocycles. The molecule has 0 amide bonds. The molecular formula is C12H13BrN4O2. The van der Waals surface area contributed by atoms with E-state index in [1.165, 1.54) is 12.1 Å². The molecule has 100 valence electrons. The topological polar surface area (TPSA) is 73.0 Å².